The van der Waals surface area contributed by atoms with Gasteiger partial charge in [0.05, 0.1) is 52.2 Å². The molecule has 3 saturated carbocycles. The van der Waals surface area contributed by atoms with Gasteiger partial charge in [-0.25, -0.2) is 51.6 Å². The van der Waals surface area contributed by atoms with E-state index in [0.717, 1.165) is 68.9 Å². The SMILES string of the molecule is COC(=O)[C@@H]1CC[C@H](CS(=O)(=O)c2ccc(-c3ccc(F)cc3F)cc2)C1.COC(=O)[C@@H]1CC[C@H](N)C1.O=S(=O)(C[C@H]1CC[C@@H](CO)C1)c1ccc(-c2ccc(F)cc2F)cc1.O=S(=O)(Cl)c1ccc(-c2ccc(F)cc2F)cc1.[AlH3].[H-].[Li+]. The van der Waals surface area contributed by atoms with Gasteiger partial charge in [0.25, 0.3) is 9.05 Å². The Kier molecular flexibility index (Phi) is 26.5. The first kappa shape index (κ1) is 69.5. The Labute approximate surface area is 503 Å². The van der Waals surface area contributed by atoms with Gasteiger partial charge < -0.3 is 21.7 Å². The third kappa shape index (κ3) is 19.5. The molecule has 6 aromatic carbocycles. The number of aliphatic hydroxyl groups excluding tert-OH is 1. The molecule has 438 valence electrons. The van der Waals surface area contributed by atoms with Crippen LogP contribution in [0.15, 0.2) is 142 Å². The van der Waals surface area contributed by atoms with Gasteiger partial charge in [0, 0.05) is 58.2 Å². The Bertz CT molecular complexity index is 3470. The molecular formula is C58H64AlClF6LiNO11S3. The predicted octanol–water partition coefficient (Wildman–Crippen LogP) is 7.59. The molecule has 12 nitrogen and oxygen atoms in total. The summed E-state index contributed by atoms with van der Waals surface area (Å²) in [5.41, 5.74) is 7.64. The van der Waals surface area contributed by atoms with Gasteiger partial charge in [-0.1, -0.05) is 36.4 Å². The number of sulfone groups is 2. The Morgan fingerprint density at radius 1 is 0.512 bits per heavy atom. The zero-order chi connectivity index (χ0) is 58.5. The second-order valence-electron chi connectivity index (χ2n) is 19.9. The van der Waals surface area contributed by atoms with E-state index >= 15 is 0 Å². The fourth-order valence-corrected chi connectivity index (χ4v) is 14.1. The monoisotopic (exact) mass is 1230 g/mol. The number of aliphatic hydroxyl groups is 1. The van der Waals surface area contributed by atoms with Crippen LogP contribution in [-0.2, 0) is 47.8 Å². The number of hydrogen-bond acceptors (Lipinski definition) is 12. The van der Waals surface area contributed by atoms with Crippen LogP contribution in [0.5, 0.6) is 0 Å². The first-order chi connectivity index (χ1) is 37.8. The second-order valence-corrected chi connectivity index (χ2v) is 26.5. The van der Waals surface area contributed by atoms with Gasteiger partial charge in [0.15, 0.2) is 37.0 Å². The van der Waals surface area contributed by atoms with Crippen molar-refractivity contribution in [2.24, 2.45) is 35.3 Å². The van der Waals surface area contributed by atoms with E-state index in [1.165, 1.54) is 111 Å². The zero-order valence-corrected chi connectivity index (χ0v) is 47.8. The molecule has 6 aromatic rings. The van der Waals surface area contributed by atoms with E-state index in [1.807, 2.05) is 0 Å². The first-order valence-corrected chi connectivity index (χ1v) is 31.0. The Balaban J connectivity index is 0.000000300. The number of methoxy groups -OCH3 is 2. The minimum Gasteiger partial charge on any atom is -1.00 e. The fourth-order valence-electron chi connectivity index (χ4n) is 9.96. The molecule has 82 heavy (non-hydrogen) atoms. The van der Waals surface area contributed by atoms with E-state index in [1.54, 1.807) is 0 Å². The number of rotatable bonds is 13. The molecule has 0 aromatic heterocycles. The van der Waals surface area contributed by atoms with Crippen molar-refractivity contribution in [3.05, 3.63) is 162 Å². The summed E-state index contributed by atoms with van der Waals surface area (Å²) in [7, 11) is -2.84. The fraction of sp³-hybridized carbons (Fsp3) is 0.345. The minimum atomic E-state index is -3.80. The first-order valence-electron chi connectivity index (χ1n) is 25.4. The van der Waals surface area contributed by atoms with Crippen molar-refractivity contribution in [3.63, 3.8) is 0 Å². The maximum atomic E-state index is 13.9. The summed E-state index contributed by atoms with van der Waals surface area (Å²) in [5.74, 6) is -4.45. The summed E-state index contributed by atoms with van der Waals surface area (Å²) in [5, 5.41) is 9.17. The van der Waals surface area contributed by atoms with Crippen LogP contribution >= 0.6 is 10.7 Å². The third-order valence-corrected chi connectivity index (χ3v) is 19.4. The second kappa shape index (κ2) is 31.3. The van der Waals surface area contributed by atoms with Crippen LogP contribution in [0.4, 0.5) is 26.3 Å². The largest absolute Gasteiger partial charge is 1.00 e. The van der Waals surface area contributed by atoms with Crippen molar-refractivity contribution in [2.75, 3.05) is 32.3 Å². The summed E-state index contributed by atoms with van der Waals surface area (Å²) in [6, 6.07) is 27.2. The van der Waals surface area contributed by atoms with Gasteiger partial charge in [-0.05, 0) is 165 Å². The molecule has 3 N–H and O–H groups in total. The molecule has 0 spiro atoms. The van der Waals surface area contributed by atoms with Gasteiger partial charge in [0.2, 0.25) is 0 Å². The average Bonchev–Trinajstić information content (AvgIpc) is 4.26. The number of benzene rings is 6. The normalized spacial score (nSPS) is 19.3. The minimum absolute atomic E-state index is 0. The molecule has 3 aliphatic rings. The number of hydrogen-bond donors (Lipinski definition) is 2. The van der Waals surface area contributed by atoms with E-state index in [4.69, 9.17) is 21.2 Å². The summed E-state index contributed by atoms with van der Waals surface area (Å²) >= 11 is 0. The van der Waals surface area contributed by atoms with Crippen LogP contribution in [0.3, 0.4) is 0 Å². The quantitative estimate of drug-likeness (QED) is 0.0498. The molecule has 0 heterocycles. The summed E-state index contributed by atoms with van der Waals surface area (Å²) in [4.78, 5) is 22.7. The van der Waals surface area contributed by atoms with Crippen LogP contribution in [-0.4, -0.2) is 98.0 Å². The number of ether oxygens (including phenoxy) is 2. The van der Waals surface area contributed by atoms with E-state index in [2.05, 4.69) is 4.74 Å². The maximum Gasteiger partial charge on any atom is 1.00 e. The van der Waals surface area contributed by atoms with Gasteiger partial charge in [-0.3, -0.25) is 9.59 Å². The van der Waals surface area contributed by atoms with Crippen molar-refractivity contribution in [2.45, 2.75) is 78.5 Å². The van der Waals surface area contributed by atoms with Crippen LogP contribution < -0.4 is 24.6 Å². The number of carbonyl (C=O) groups excluding carboxylic acids is 2. The number of nitrogens with two attached hydrogens (primary N) is 1. The zero-order valence-electron chi connectivity index (χ0n) is 45.6. The number of esters is 2. The van der Waals surface area contributed by atoms with Gasteiger partial charge in [-0.15, -0.1) is 0 Å². The Hall–Kier alpha value is -4.97. The molecule has 0 amide bonds. The summed E-state index contributed by atoms with van der Waals surface area (Å²) in [6.07, 6.45) is 6.86. The summed E-state index contributed by atoms with van der Waals surface area (Å²) < 4.78 is 162. The smallest absolute Gasteiger partial charge is 1.00 e. The molecule has 0 radical (unpaired) electrons. The van der Waals surface area contributed by atoms with Crippen LogP contribution in [0.25, 0.3) is 33.4 Å². The predicted molar refractivity (Wildman–Crippen MR) is 302 cm³/mol. The van der Waals surface area contributed by atoms with Gasteiger partial charge in [-0.2, -0.15) is 0 Å². The standard InChI is InChI=1S/C20H20F2O4S.C19H20F2O3S.C12H7ClF2O2S.C7H13NO2.Al.Li.4H/c1-26-20(23)15-3-2-13(10-15)12-27(24,25)17-7-4-14(5-8-17)18-9-6-16(21)11-19(18)22;20-16-5-8-18(19(21)10-16)15-3-6-17(7-4-15)25(23,24)12-14-2-1-13(9-14)11-22;13-18(16,17)10-4-1-8(2-5-10)11-6-3-9(14)7-12(11)15;1-10-7(9)5-2-3-6(8)4-5;;;;;;/h4-9,11,13,15H,2-3,10,12H2,1H3;3-8,10,13-14,22H,1-2,9,11-12H2;1-7H;5-6H,2-4,8H2,1H3;;;;;;/q;;;;;+1;;;;-1/t13-,15+;13-,14+;;5-,6+;;;;;;/m01.1....../s1. The van der Waals surface area contributed by atoms with Crippen molar-refractivity contribution in [1.82, 2.24) is 0 Å². The van der Waals surface area contributed by atoms with Crippen LogP contribution in [0.2, 0.25) is 0 Å². The van der Waals surface area contributed by atoms with Crippen LogP contribution in [0, 0.1) is 64.5 Å². The maximum absolute atomic E-state index is 13.9. The third-order valence-electron chi connectivity index (χ3n) is 14.2. The van der Waals surface area contributed by atoms with Gasteiger partial charge >= 0.3 is 30.8 Å². The van der Waals surface area contributed by atoms with Crippen molar-refractivity contribution < 1.29 is 96.1 Å². The molecule has 0 saturated heterocycles. The Morgan fingerprint density at radius 2 is 0.841 bits per heavy atom. The molecule has 24 heteroatoms. The molecular weight excluding hydrogens is 1170 g/mol. The summed E-state index contributed by atoms with van der Waals surface area (Å²) in [6.45, 7) is 0.106. The molecule has 0 aliphatic heterocycles. The molecule has 0 bridgehead atoms. The molecule has 9 rings (SSSR count). The van der Waals surface area contributed by atoms with E-state index < -0.39 is 63.6 Å². The Morgan fingerprint density at radius 3 is 1.16 bits per heavy atom. The van der Waals surface area contributed by atoms with E-state index in [-0.39, 0.29) is 135 Å². The van der Waals surface area contributed by atoms with Gasteiger partial charge in [0.1, 0.15) is 34.9 Å². The van der Waals surface area contributed by atoms with Crippen molar-refractivity contribution in [1.29, 1.82) is 0 Å². The molecule has 3 fully saturated rings. The average molecular weight is 1230 g/mol. The van der Waals surface area contributed by atoms with Crippen molar-refractivity contribution in [3.8, 4) is 33.4 Å². The number of halogens is 7. The van der Waals surface area contributed by atoms with Crippen LogP contribution in [0.1, 0.15) is 59.2 Å². The molecule has 0 unspecified atom stereocenters. The molecule has 6 atom stereocenters. The number of carbonyl (C=O) groups is 2. The topological polar surface area (TPSA) is 201 Å². The van der Waals surface area contributed by atoms with E-state index in [9.17, 15) is 66.3 Å². The molecule has 3 aliphatic carbocycles. The van der Waals surface area contributed by atoms with E-state index in [0.29, 0.717) is 36.0 Å². The van der Waals surface area contributed by atoms with Crippen molar-refractivity contribution >= 4 is 68.7 Å².